The van der Waals surface area contributed by atoms with Crippen molar-refractivity contribution in [3.05, 3.63) is 46.8 Å². The van der Waals surface area contributed by atoms with Crippen molar-refractivity contribution in [1.82, 2.24) is 0 Å². The minimum Gasteiger partial charge on any atom is -0.482 e. The normalized spacial score (nSPS) is 10.5. The molecule has 0 radical (unpaired) electrons. The van der Waals surface area contributed by atoms with Crippen LogP contribution in [-0.2, 0) is 25.5 Å². The SMILES string of the molecule is CCOC(=O)c1c(CC(C)C)csc1NC(=O)COC(=O)COc1ccccc1. The summed E-state index contributed by atoms with van der Waals surface area (Å²) >= 11 is 1.24. The van der Waals surface area contributed by atoms with Gasteiger partial charge in [0.05, 0.1) is 12.2 Å². The summed E-state index contributed by atoms with van der Waals surface area (Å²) in [5.74, 6) is -0.813. The summed E-state index contributed by atoms with van der Waals surface area (Å²) in [5, 5.41) is 4.86. The van der Waals surface area contributed by atoms with Crippen LogP contribution in [0.4, 0.5) is 5.00 Å². The van der Waals surface area contributed by atoms with Gasteiger partial charge in [0.1, 0.15) is 10.8 Å². The highest BCUT2D eigenvalue weighted by Gasteiger charge is 2.22. The molecule has 2 aromatic rings. The summed E-state index contributed by atoms with van der Waals surface area (Å²) in [6.07, 6.45) is 0.687. The first-order valence-electron chi connectivity index (χ1n) is 9.31. The van der Waals surface area contributed by atoms with Gasteiger partial charge in [-0.25, -0.2) is 9.59 Å². The number of anilines is 1. The number of amides is 1. The molecule has 0 saturated heterocycles. The average molecular weight is 419 g/mol. The van der Waals surface area contributed by atoms with Crippen molar-refractivity contribution < 1.29 is 28.6 Å². The lowest BCUT2D eigenvalue weighted by Gasteiger charge is -2.10. The van der Waals surface area contributed by atoms with E-state index >= 15 is 0 Å². The zero-order valence-corrected chi connectivity index (χ0v) is 17.5. The summed E-state index contributed by atoms with van der Waals surface area (Å²) in [5.41, 5.74) is 1.18. The molecule has 0 saturated carbocycles. The van der Waals surface area contributed by atoms with E-state index in [1.165, 1.54) is 11.3 Å². The van der Waals surface area contributed by atoms with E-state index in [1.807, 2.05) is 25.3 Å². The summed E-state index contributed by atoms with van der Waals surface area (Å²) in [7, 11) is 0. The van der Waals surface area contributed by atoms with Crippen LogP contribution >= 0.6 is 11.3 Å². The van der Waals surface area contributed by atoms with Crippen LogP contribution in [-0.4, -0.2) is 37.7 Å². The van der Waals surface area contributed by atoms with Gasteiger partial charge in [0, 0.05) is 0 Å². The molecule has 1 N–H and O–H groups in total. The Kier molecular flexibility index (Phi) is 8.67. The van der Waals surface area contributed by atoms with Gasteiger partial charge in [-0.3, -0.25) is 4.79 Å². The molecule has 29 heavy (non-hydrogen) atoms. The molecular weight excluding hydrogens is 394 g/mol. The van der Waals surface area contributed by atoms with Crippen molar-refractivity contribution in [2.24, 2.45) is 5.92 Å². The van der Waals surface area contributed by atoms with Gasteiger partial charge in [-0.1, -0.05) is 32.0 Å². The number of hydrogen-bond acceptors (Lipinski definition) is 7. The maximum absolute atomic E-state index is 12.3. The second-order valence-electron chi connectivity index (χ2n) is 6.59. The number of hydrogen-bond donors (Lipinski definition) is 1. The fourth-order valence-electron chi connectivity index (χ4n) is 2.51. The van der Waals surface area contributed by atoms with Gasteiger partial charge in [0.25, 0.3) is 5.91 Å². The Morgan fingerprint density at radius 2 is 1.79 bits per heavy atom. The Labute approximate surface area is 174 Å². The number of nitrogens with one attached hydrogen (secondary N) is 1. The molecule has 0 atom stereocenters. The van der Waals surface area contributed by atoms with Crippen molar-refractivity contribution in [2.45, 2.75) is 27.2 Å². The third kappa shape index (κ3) is 7.23. The van der Waals surface area contributed by atoms with Crippen molar-refractivity contribution in [3.8, 4) is 5.75 Å². The average Bonchev–Trinajstić information content (AvgIpc) is 3.07. The number of benzene rings is 1. The minimum absolute atomic E-state index is 0.238. The molecule has 7 nitrogen and oxygen atoms in total. The minimum atomic E-state index is -0.665. The van der Waals surface area contributed by atoms with Crippen LogP contribution in [0.15, 0.2) is 35.7 Å². The third-order valence-corrected chi connectivity index (χ3v) is 4.64. The summed E-state index contributed by atoms with van der Waals surface area (Å²) in [6, 6.07) is 8.82. The molecule has 1 heterocycles. The van der Waals surface area contributed by atoms with Gasteiger partial charge in [-0.2, -0.15) is 0 Å². The van der Waals surface area contributed by atoms with Crippen molar-refractivity contribution in [2.75, 3.05) is 25.1 Å². The molecule has 0 unspecified atom stereocenters. The van der Waals surface area contributed by atoms with Crippen LogP contribution in [0.3, 0.4) is 0 Å². The van der Waals surface area contributed by atoms with Crippen molar-refractivity contribution in [1.29, 1.82) is 0 Å². The molecular formula is C21H25NO6S. The zero-order chi connectivity index (χ0) is 21.2. The Morgan fingerprint density at radius 1 is 1.07 bits per heavy atom. The van der Waals surface area contributed by atoms with Gasteiger partial charge < -0.3 is 19.5 Å². The molecule has 2 rings (SSSR count). The number of ether oxygens (including phenoxy) is 3. The quantitative estimate of drug-likeness (QED) is 0.591. The summed E-state index contributed by atoms with van der Waals surface area (Å²) < 4.78 is 15.3. The first-order valence-corrected chi connectivity index (χ1v) is 10.2. The fourth-order valence-corrected chi connectivity index (χ4v) is 3.49. The summed E-state index contributed by atoms with van der Waals surface area (Å²) in [4.78, 5) is 36.3. The van der Waals surface area contributed by atoms with Gasteiger partial charge in [0.15, 0.2) is 13.2 Å². The largest absolute Gasteiger partial charge is 0.482 e. The molecule has 0 spiro atoms. The van der Waals surface area contributed by atoms with Crippen LogP contribution < -0.4 is 10.1 Å². The lowest BCUT2D eigenvalue weighted by molar-refractivity contribution is -0.149. The first-order chi connectivity index (χ1) is 13.9. The van der Waals surface area contributed by atoms with Crippen molar-refractivity contribution in [3.63, 3.8) is 0 Å². The highest BCUT2D eigenvalue weighted by Crippen LogP contribution is 2.30. The lowest BCUT2D eigenvalue weighted by atomic mass is 10.0. The number of carbonyl (C=O) groups is 3. The molecule has 1 aromatic carbocycles. The lowest BCUT2D eigenvalue weighted by Crippen LogP contribution is -2.24. The molecule has 8 heteroatoms. The zero-order valence-electron chi connectivity index (χ0n) is 16.7. The second kappa shape index (κ2) is 11.2. The van der Waals surface area contributed by atoms with Crippen LogP contribution in [0.25, 0.3) is 0 Å². The summed E-state index contributed by atoms with van der Waals surface area (Å²) in [6.45, 7) is 5.27. The number of thiophene rings is 1. The van der Waals surface area contributed by atoms with E-state index in [-0.39, 0.29) is 13.2 Å². The van der Waals surface area contributed by atoms with Crippen molar-refractivity contribution >= 4 is 34.2 Å². The molecule has 0 fully saturated rings. The van der Waals surface area contributed by atoms with Crippen LogP contribution in [0.1, 0.15) is 36.7 Å². The molecule has 156 valence electrons. The highest BCUT2D eigenvalue weighted by atomic mass is 32.1. The van der Waals surface area contributed by atoms with Gasteiger partial charge >= 0.3 is 11.9 Å². The van der Waals surface area contributed by atoms with E-state index in [0.29, 0.717) is 28.7 Å². The van der Waals surface area contributed by atoms with Crippen LogP contribution in [0.5, 0.6) is 5.75 Å². The molecule has 1 amide bonds. The Balaban J connectivity index is 1.91. The van der Waals surface area contributed by atoms with Gasteiger partial charge in [0.2, 0.25) is 0 Å². The molecule has 1 aromatic heterocycles. The molecule has 0 aliphatic heterocycles. The van der Waals surface area contributed by atoms with Crippen LogP contribution in [0, 0.1) is 5.92 Å². The molecule has 0 aliphatic rings. The Hall–Kier alpha value is -2.87. The van der Waals surface area contributed by atoms with E-state index in [2.05, 4.69) is 5.32 Å². The second-order valence-corrected chi connectivity index (χ2v) is 7.47. The standard InChI is InChI=1S/C21H25NO6S/c1-4-26-21(25)19-15(10-14(2)3)13-29-20(19)22-17(23)11-28-18(24)12-27-16-8-6-5-7-9-16/h5-9,13-14H,4,10-12H2,1-3H3,(H,22,23). The van der Waals surface area contributed by atoms with E-state index in [0.717, 1.165) is 5.56 Å². The number of rotatable bonds is 10. The van der Waals surface area contributed by atoms with Gasteiger partial charge in [-0.15, -0.1) is 11.3 Å². The smallest absolute Gasteiger partial charge is 0.344 e. The molecule has 0 aliphatic carbocycles. The predicted molar refractivity (Wildman–Crippen MR) is 110 cm³/mol. The maximum Gasteiger partial charge on any atom is 0.344 e. The number of carbonyl (C=O) groups excluding carboxylic acids is 3. The maximum atomic E-state index is 12.3. The molecule has 0 bridgehead atoms. The van der Waals surface area contributed by atoms with E-state index < -0.39 is 24.5 Å². The Bertz CT molecular complexity index is 831. The fraction of sp³-hybridized carbons (Fsp3) is 0.381. The van der Waals surface area contributed by atoms with Gasteiger partial charge in [-0.05, 0) is 42.3 Å². The third-order valence-electron chi connectivity index (χ3n) is 3.69. The number of para-hydroxylation sites is 1. The predicted octanol–water partition coefficient (Wildman–Crippen LogP) is 3.68. The highest BCUT2D eigenvalue weighted by molar-refractivity contribution is 7.15. The number of esters is 2. The first kappa shape index (κ1) is 22.4. The topological polar surface area (TPSA) is 90.9 Å². The van der Waals surface area contributed by atoms with E-state index in [4.69, 9.17) is 14.2 Å². The van der Waals surface area contributed by atoms with E-state index in [1.54, 1.807) is 31.2 Å². The monoisotopic (exact) mass is 419 g/mol. The Morgan fingerprint density at radius 3 is 2.45 bits per heavy atom. The van der Waals surface area contributed by atoms with Crippen LogP contribution in [0.2, 0.25) is 0 Å². The van der Waals surface area contributed by atoms with E-state index in [9.17, 15) is 14.4 Å².